The minimum atomic E-state index is -0.409. The molecular weight excluding hydrogens is 342 g/mol. The molecule has 0 spiro atoms. The van der Waals surface area contributed by atoms with Gasteiger partial charge >= 0.3 is 5.97 Å². The summed E-state index contributed by atoms with van der Waals surface area (Å²) in [4.78, 5) is 30.4. The Kier molecular flexibility index (Phi) is 6.09. The average molecular weight is 369 g/mol. The predicted molar refractivity (Wildman–Crippen MR) is 104 cm³/mol. The number of hydrogen-bond donors (Lipinski definition) is 0. The molecule has 3 rings (SSSR count). The van der Waals surface area contributed by atoms with Gasteiger partial charge in [-0.05, 0) is 39.2 Å². The van der Waals surface area contributed by atoms with E-state index in [1.165, 1.54) is 0 Å². The molecule has 0 radical (unpaired) electrons. The first-order valence-electron chi connectivity index (χ1n) is 9.78. The van der Waals surface area contributed by atoms with Crippen LogP contribution in [0, 0.1) is 5.92 Å². The van der Waals surface area contributed by atoms with Crippen molar-refractivity contribution in [3.63, 3.8) is 0 Å². The molecule has 2 atom stereocenters. The van der Waals surface area contributed by atoms with Crippen molar-refractivity contribution in [2.75, 3.05) is 13.2 Å². The standard InChI is InChI=1S/C22H27NO4/c1-4-13-27-22(25)19-14(3)23-16-10-8-11-17(24)21(16)20(19)15-9-6-7-12-18(15)26-5-2/h6-7,9,12,20-21H,4-5,8,10-11,13H2,1-3H3/t20-,21-/m1/s1. The fourth-order valence-corrected chi connectivity index (χ4v) is 4.02. The quantitative estimate of drug-likeness (QED) is 0.704. The van der Waals surface area contributed by atoms with Gasteiger partial charge in [0.1, 0.15) is 11.5 Å². The topological polar surface area (TPSA) is 65.0 Å². The summed E-state index contributed by atoms with van der Waals surface area (Å²) in [6, 6.07) is 7.66. The van der Waals surface area contributed by atoms with Crippen LogP contribution in [0.5, 0.6) is 5.75 Å². The molecular formula is C22H27NO4. The summed E-state index contributed by atoms with van der Waals surface area (Å²) >= 11 is 0. The molecule has 1 fully saturated rings. The van der Waals surface area contributed by atoms with Gasteiger partial charge < -0.3 is 9.47 Å². The molecule has 1 aromatic rings. The molecule has 1 heterocycles. The van der Waals surface area contributed by atoms with Crippen molar-refractivity contribution in [2.24, 2.45) is 10.9 Å². The Hall–Kier alpha value is -2.43. The van der Waals surface area contributed by atoms with Crippen LogP contribution in [0.15, 0.2) is 40.5 Å². The number of ether oxygens (including phenoxy) is 2. The van der Waals surface area contributed by atoms with E-state index >= 15 is 0 Å². The lowest BCUT2D eigenvalue weighted by atomic mass is 9.69. The number of fused-ring (bicyclic) bond motifs is 1. The van der Waals surface area contributed by atoms with Crippen LogP contribution < -0.4 is 4.74 Å². The second-order valence-corrected chi connectivity index (χ2v) is 6.98. The third kappa shape index (κ3) is 3.82. The molecule has 2 aliphatic rings. The summed E-state index contributed by atoms with van der Waals surface area (Å²) in [6.45, 7) is 6.58. The van der Waals surface area contributed by atoms with E-state index in [9.17, 15) is 9.59 Å². The Morgan fingerprint density at radius 1 is 1.19 bits per heavy atom. The van der Waals surface area contributed by atoms with Gasteiger partial charge in [-0.1, -0.05) is 25.1 Å². The van der Waals surface area contributed by atoms with Crippen LogP contribution in [0.2, 0.25) is 0 Å². The number of ketones is 1. The number of carbonyl (C=O) groups excluding carboxylic acids is 2. The van der Waals surface area contributed by atoms with E-state index in [4.69, 9.17) is 9.47 Å². The molecule has 0 saturated heterocycles. The van der Waals surface area contributed by atoms with Crippen LogP contribution in [0.25, 0.3) is 0 Å². The molecule has 0 amide bonds. The zero-order valence-corrected chi connectivity index (χ0v) is 16.3. The molecule has 144 valence electrons. The molecule has 27 heavy (non-hydrogen) atoms. The maximum Gasteiger partial charge on any atom is 0.336 e. The predicted octanol–water partition coefficient (Wildman–Crippen LogP) is 4.22. The maximum atomic E-state index is 12.9. The van der Waals surface area contributed by atoms with Gasteiger partial charge in [0.25, 0.3) is 0 Å². The summed E-state index contributed by atoms with van der Waals surface area (Å²) < 4.78 is 11.3. The minimum Gasteiger partial charge on any atom is -0.494 e. The van der Waals surface area contributed by atoms with Gasteiger partial charge in [0.05, 0.1) is 24.7 Å². The van der Waals surface area contributed by atoms with Crippen LogP contribution in [0.4, 0.5) is 0 Å². The first-order valence-corrected chi connectivity index (χ1v) is 9.78. The van der Waals surface area contributed by atoms with Gasteiger partial charge in [0.2, 0.25) is 0 Å². The number of esters is 1. The van der Waals surface area contributed by atoms with Gasteiger partial charge in [-0.2, -0.15) is 0 Å². The summed E-state index contributed by atoms with van der Waals surface area (Å²) in [6.07, 6.45) is 2.87. The van der Waals surface area contributed by atoms with E-state index in [0.29, 0.717) is 36.7 Å². The first kappa shape index (κ1) is 19.3. The number of Topliss-reactive ketones (excluding diaryl/α,β-unsaturated/α-hetero) is 1. The van der Waals surface area contributed by atoms with Crippen molar-refractivity contribution in [3.05, 3.63) is 41.1 Å². The van der Waals surface area contributed by atoms with Gasteiger partial charge in [0.15, 0.2) is 0 Å². The van der Waals surface area contributed by atoms with Crippen LogP contribution in [-0.2, 0) is 14.3 Å². The van der Waals surface area contributed by atoms with Gasteiger partial charge in [0, 0.05) is 29.3 Å². The van der Waals surface area contributed by atoms with Crippen molar-refractivity contribution in [2.45, 2.75) is 52.4 Å². The molecule has 0 unspecified atom stereocenters. The zero-order valence-electron chi connectivity index (χ0n) is 16.3. The third-order valence-corrected chi connectivity index (χ3v) is 5.12. The van der Waals surface area contributed by atoms with Gasteiger partial charge in [-0.15, -0.1) is 0 Å². The Bertz CT molecular complexity index is 793. The summed E-state index contributed by atoms with van der Waals surface area (Å²) in [5, 5.41) is 0. The minimum absolute atomic E-state index is 0.143. The largest absolute Gasteiger partial charge is 0.494 e. The number of aliphatic imine (C=N–C) groups is 1. The van der Waals surface area contributed by atoms with E-state index in [1.807, 2.05) is 45.0 Å². The summed E-state index contributed by atoms with van der Waals surface area (Å²) in [5.74, 6) is -0.347. The number of para-hydroxylation sites is 1. The van der Waals surface area contributed by atoms with E-state index < -0.39 is 11.8 Å². The van der Waals surface area contributed by atoms with Crippen LogP contribution in [0.1, 0.15) is 57.9 Å². The Morgan fingerprint density at radius 3 is 2.70 bits per heavy atom. The molecule has 5 heteroatoms. The van der Waals surface area contributed by atoms with Crippen LogP contribution in [-0.4, -0.2) is 30.7 Å². The molecule has 1 saturated carbocycles. The van der Waals surface area contributed by atoms with Gasteiger partial charge in [-0.3, -0.25) is 9.79 Å². The average Bonchev–Trinajstić information content (AvgIpc) is 2.66. The Morgan fingerprint density at radius 2 is 1.96 bits per heavy atom. The number of benzene rings is 1. The number of allylic oxidation sites excluding steroid dienone is 1. The molecule has 1 aliphatic carbocycles. The summed E-state index contributed by atoms with van der Waals surface area (Å²) in [7, 11) is 0. The molecule has 0 bridgehead atoms. The van der Waals surface area contributed by atoms with Crippen molar-refractivity contribution < 1.29 is 19.1 Å². The first-order chi connectivity index (χ1) is 13.1. The SMILES string of the molecule is CCCOC(=O)C1=C(C)N=C2CCCC(=O)[C@@H]2[C@@H]1c1ccccc1OCC. The fraction of sp³-hybridized carbons (Fsp3) is 0.500. The maximum absolute atomic E-state index is 12.9. The molecule has 1 aromatic carbocycles. The highest BCUT2D eigenvalue weighted by molar-refractivity contribution is 6.11. The van der Waals surface area contributed by atoms with Crippen molar-refractivity contribution in [1.82, 2.24) is 0 Å². The second kappa shape index (κ2) is 8.51. The van der Waals surface area contributed by atoms with E-state index in [1.54, 1.807) is 0 Å². The molecule has 0 N–H and O–H groups in total. The molecule has 5 nitrogen and oxygen atoms in total. The highest BCUT2D eigenvalue weighted by Crippen LogP contribution is 2.45. The fourth-order valence-electron chi connectivity index (χ4n) is 4.02. The second-order valence-electron chi connectivity index (χ2n) is 6.98. The smallest absolute Gasteiger partial charge is 0.336 e. The number of carbonyl (C=O) groups is 2. The molecule has 0 aromatic heterocycles. The highest BCUT2D eigenvalue weighted by atomic mass is 16.5. The van der Waals surface area contributed by atoms with Crippen molar-refractivity contribution in [1.29, 1.82) is 0 Å². The normalized spacial score (nSPS) is 22.2. The number of hydrogen-bond acceptors (Lipinski definition) is 5. The highest BCUT2D eigenvalue weighted by Gasteiger charge is 2.44. The van der Waals surface area contributed by atoms with Crippen molar-refractivity contribution >= 4 is 17.5 Å². The number of nitrogens with zero attached hydrogens (tertiary/aromatic N) is 1. The lowest BCUT2D eigenvalue weighted by Crippen LogP contribution is -2.39. The zero-order chi connectivity index (χ0) is 19.4. The van der Waals surface area contributed by atoms with E-state index in [2.05, 4.69) is 4.99 Å². The lowest BCUT2D eigenvalue weighted by molar-refractivity contribution is -0.139. The van der Waals surface area contributed by atoms with E-state index in [0.717, 1.165) is 30.5 Å². The van der Waals surface area contributed by atoms with Crippen LogP contribution in [0.3, 0.4) is 0 Å². The Balaban J connectivity index is 2.14. The van der Waals surface area contributed by atoms with Crippen molar-refractivity contribution in [3.8, 4) is 5.75 Å². The van der Waals surface area contributed by atoms with Crippen LogP contribution >= 0.6 is 0 Å². The monoisotopic (exact) mass is 369 g/mol. The Labute approximate surface area is 160 Å². The molecule has 1 aliphatic heterocycles. The lowest BCUT2D eigenvalue weighted by Gasteiger charge is -2.36. The third-order valence-electron chi connectivity index (χ3n) is 5.12. The van der Waals surface area contributed by atoms with E-state index in [-0.39, 0.29) is 11.8 Å². The van der Waals surface area contributed by atoms with Gasteiger partial charge in [-0.25, -0.2) is 4.79 Å². The summed E-state index contributed by atoms with van der Waals surface area (Å²) in [5.41, 5.74) is 2.87. The number of rotatable bonds is 6.